The van der Waals surface area contributed by atoms with Gasteiger partial charge in [0, 0.05) is 37.3 Å². The third kappa shape index (κ3) is 5.16. The zero-order valence-corrected chi connectivity index (χ0v) is 16.2. The van der Waals surface area contributed by atoms with Crippen LogP contribution in [0.25, 0.3) is 0 Å². The van der Waals surface area contributed by atoms with Gasteiger partial charge in [-0.1, -0.05) is 13.8 Å². The van der Waals surface area contributed by atoms with E-state index in [4.69, 9.17) is 0 Å². The van der Waals surface area contributed by atoms with Crippen LogP contribution in [-0.2, 0) is 11.2 Å². The molecule has 2 fully saturated rings. The first-order valence-corrected chi connectivity index (χ1v) is 10.2. The maximum Gasteiger partial charge on any atom is 0.220 e. The second-order valence-corrected chi connectivity index (χ2v) is 7.84. The smallest absolute Gasteiger partial charge is 0.220 e. The first-order valence-electron chi connectivity index (χ1n) is 10.2. The fourth-order valence-electron chi connectivity index (χ4n) is 4.12. The van der Waals surface area contributed by atoms with E-state index in [2.05, 4.69) is 45.4 Å². The van der Waals surface area contributed by atoms with Gasteiger partial charge in [0.05, 0.1) is 0 Å². The summed E-state index contributed by atoms with van der Waals surface area (Å²) in [5.41, 5.74) is 1.08. The Hall–Kier alpha value is -1.69. The summed E-state index contributed by atoms with van der Waals surface area (Å²) in [6, 6.07) is 2.38. The maximum absolute atomic E-state index is 12.4. The highest BCUT2D eigenvalue weighted by atomic mass is 16.1. The average Bonchev–Trinajstić information content (AvgIpc) is 2.69. The molecule has 0 aromatic carbocycles. The Bertz CT molecular complexity index is 579. The number of nitrogens with one attached hydrogen (secondary N) is 2. The average molecular weight is 360 g/mol. The number of carbonyl (C=O) groups is 1. The summed E-state index contributed by atoms with van der Waals surface area (Å²) < 4.78 is 0. The second-order valence-electron chi connectivity index (χ2n) is 7.84. The number of rotatable bonds is 6. The van der Waals surface area contributed by atoms with Crippen LogP contribution in [0.15, 0.2) is 12.4 Å². The molecule has 2 N–H and O–H groups in total. The Morgan fingerprint density at radius 2 is 2.15 bits per heavy atom. The molecule has 2 atom stereocenters. The van der Waals surface area contributed by atoms with Crippen molar-refractivity contribution >= 4 is 11.7 Å². The Labute approximate surface area is 157 Å². The predicted molar refractivity (Wildman–Crippen MR) is 104 cm³/mol. The highest BCUT2D eigenvalue weighted by Crippen LogP contribution is 2.23. The molecule has 0 spiro atoms. The monoisotopic (exact) mass is 359 g/mol. The molecule has 1 amide bonds. The minimum atomic E-state index is 0.219. The molecule has 0 aliphatic carbocycles. The van der Waals surface area contributed by atoms with Crippen molar-refractivity contribution < 1.29 is 4.79 Å². The van der Waals surface area contributed by atoms with Crippen LogP contribution in [0, 0.1) is 11.8 Å². The standard InChI is InChI=1S/C20H33N5O/c1-3-17-12-19(23-14-22-17)25-9-6-18(7-10-25)24-20(26)11-15(2)16-5-4-8-21-13-16/h12,14-16,18,21H,3-11,13H2,1-2H3,(H,24,26). The number of carbonyl (C=O) groups excluding carboxylic acids is 1. The molecule has 0 bridgehead atoms. The minimum absolute atomic E-state index is 0.219. The summed E-state index contributed by atoms with van der Waals surface area (Å²) >= 11 is 0. The van der Waals surface area contributed by atoms with Crippen LogP contribution >= 0.6 is 0 Å². The van der Waals surface area contributed by atoms with Crippen molar-refractivity contribution in [3.05, 3.63) is 18.1 Å². The van der Waals surface area contributed by atoms with Gasteiger partial charge in [-0.05, 0) is 57.0 Å². The molecule has 6 nitrogen and oxygen atoms in total. The Morgan fingerprint density at radius 1 is 1.35 bits per heavy atom. The van der Waals surface area contributed by atoms with Gasteiger partial charge in [-0.25, -0.2) is 9.97 Å². The number of hydrogen-bond donors (Lipinski definition) is 2. The molecule has 2 aliphatic heterocycles. The van der Waals surface area contributed by atoms with Crippen LogP contribution < -0.4 is 15.5 Å². The molecule has 6 heteroatoms. The molecule has 0 saturated carbocycles. The van der Waals surface area contributed by atoms with Gasteiger partial charge in [0.25, 0.3) is 0 Å². The summed E-state index contributed by atoms with van der Waals surface area (Å²) in [6.07, 6.45) is 7.68. The number of anilines is 1. The highest BCUT2D eigenvalue weighted by molar-refractivity contribution is 5.76. The summed E-state index contributed by atoms with van der Waals surface area (Å²) in [7, 11) is 0. The molecule has 3 heterocycles. The Kier molecular flexibility index (Phi) is 6.83. The predicted octanol–water partition coefficient (Wildman–Crippen LogP) is 2.15. The van der Waals surface area contributed by atoms with E-state index in [-0.39, 0.29) is 5.91 Å². The van der Waals surface area contributed by atoms with Crippen LogP contribution in [0.3, 0.4) is 0 Å². The largest absolute Gasteiger partial charge is 0.356 e. The Balaban J connectivity index is 1.42. The van der Waals surface area contributed by atoms with Crippen LogP contribution in [0.2, 0.25) is 0 Å². The Morgan fingerprint density at radius 3 is 2.85 bits per heavy atom. The number of amides is 1. The van der Waals surface area contributed by atoms with E-state index in [0.29, 0.717) is 24.3 Å². The lowest BCUT2D eigenvalue weighted by Crippen LogP contribution is -2.45. The van der Waals surface area contributed by atoms with Crippen molar-refractivity contribution in [3.8, 4) is 0 Å². The van der Waals surface area contributed by atoms with Crippen molar-refractivity contribution in [2.24, 2.45) is 11.8 Å². The summed E-state index contributed by atoms with van der Waals surface area (Å²) in [4.78, 5) is 23.4. The molecule has 1 aromatic heterocycles. The van der Waals surface area contributed by atoms with Gasteiger partial charge in [-0.3, -0.25) is 4.79 Å². The molecule has 2 saturated heterocycles. The van der Waals surface area contributed by atoms with Crippen molar-refractivity contribution in [2.75, 3.05) is 31.1 Å². The molecule has 1 aromatic rings. The fraction of sp³-hybridized carbons (Fsp3) is 0.750. The second kappa shape index (κ2) is 9.31. The minimum Gasteiger partial charge on any atom is -0.356 e. The summed E-state index contributed by atoms with van der Waals surface area (Å²) in [5, 5.41) is 6.72. The molecular weight excluding hydrogens is 326 g/mol. The fourth-order valence-corrected chi connectivity index (χ4v) is 4.12. The van der Waals surface area contributed by atoms with E-state index >= 15 is 0 Å². The van der Waals surface area contributed by atoms with Gasteiger partial charge in [-0.15, -0.1) is 0 Å². The number of aryl methyl sites for hydroxylation is 1. The zero-order chi connectivity index (χ0) is 18.4. The quantitative estimate of drug-likeness (QED) is 0.814. The van der Waals surface area contributed by atoms with E-state index in [1.807, 2.05) is 0 Å². The van der Waals surface area contributed by atoms with Gasteiger partial charge in [0.2, 0.25) is 5.91 Å². The van der Waals surface area contributed by atoms with Gasteiger partial charge < -0.3 is 15.5 Å². The third-order valence-electron chi connectivity index (χ3n) is 5.90. The van der Waals surface area contributed by atoms with E-state index < -0.39 is 0 Å². The molecule has 3 rings (SSSR count). The van der Waals surface area contributed by atoms with Gasteiger partial charge in [0.1, 0.15) is 12.1 Å². The van der Waals surface area contributed by atoms with Gasteiger partial charge in [0.15, 0.2) is 0 Å². The van der Waals surface area contributed by atoms with Crippen LogP contribution in [-0.4, -0.2) is 48.1 Å². The third-order valence-corrected chi connectivity index (χ3v) is 5.90. The SMILES string of the molecule is CCc1cc(N2CCC(NC(=O)CC(C)C3CCCNC3)CC2)ncn1. The first-order chi connectivity index (χ1) is 12.7. The maximum atomic E-state index is 12.4. The highest BCUT2D eigenvalue weighted by Gasteiger charge is 2.25. The normalized spacial score (nSPS) is 22.8. The molecule has 2 unspecified atom stereocenters. The molecule has 0 radical (unpaired) electrons. The summed E-state index contributed by atoms with van der Waals surface area (Å²) in [6.45, 7) is 8.39. The van der Waals surface area contributed by atoms with Crippen LogP contribution in [0.4, 0.5) is 5.82 Å². The van der Waals surface area contributed by atoms with E-state index in [1.165, 1.54) is 12.8 Å². The number of hydrogen-bond acceptors (Lipinski definition) is 5. The number of aromatic nitrogens is 2. The number of nitrogens with zero attached hydrogens (tertiary/aromatic N) is 3. The van der Waals surface area contributed by atoms with Crippen LogP contribution in [0.5, 0.6) is 0 Å². The summed E-state index contributed by atoms with van der Waals surface area (Å²) in [5.74, 6) is 2.33. The van der Waals surface area contributed by atoms with Gasteiger partial charge >= 0.3 is 0 Å². The molecular formula is C20H33N5O. The lowest BCUT2D eigenvalue weighted by Gasteiger charge is -2.34. The van der Waals surface area contributed by atoms with Crippen LogP contribution in [0.1, 0.15) is 51.6 Å². The van der Waals surface area contributed by atoms with Crippen molar-refractivity contribution in [1.82, 2.24) is 20.6 Å². The lowest BCUT2D eigenvalue weighted by molar-refractivity contribution is -0.123. The van der Waals surface area contributed by atoms with Crippen molar-refractivity contribution in [2.45, 2.75) is 58.4 Å². The van der Waals surface area contributed by atoms with E-state index in [0.717, 1.165) is 57.0 Å². The van der Waals surface area contributed by atoms with Gasteiger partial charge in [-0.2, -0.15) is 0 Å². The zero-order valence-electron chi connectivity index (χ0n) is 16.2. The topological polar surface area (TPSA) is 70.2 Å². The molecule has 2 aliphatic rings. The van der Waals surface area contributed by atoms with Crippen molar-refractivity contribution in [1.29, 1.82) is 0 Å². The molecule has 26 heavy (non-hydrogen) atoms. The van der Waals surface area contributed by atoms with E-state index in [1.54, 1.807) is 6.33 Å². The molecule has 144 valence electrons. The lowest BCUT2D eigenvalue weighted by atomic mass is 9.85. The number of piperidine rings is 2. The van der Waals surface area contributed by atoms with E-state index in [9.17, 15) is 4.79 Å². The first kappa shape index (κ1) is 19.1. The van der Waals surface area contributed by atoms with Crippen molar-refractivity contribution in [3.63, 3.8) is 0 Å².